The molecule has 0 aliphatic heterocycles. The van der Waals surface area contributed by atoms with Crippen molar-refractivity contribution in [3.8, 4) is 0 Å². The summed E-state index contributed by atoms with van der Waals surface area (Å²) in [6.07, 6.45) is 1.60. The van der Waals surface area contributed by atoms with E-state index >= 15 is 0 Å². The number of aliphatic hydroxyl groups is 1. The Hall–Kier alpha value is -0.870. The monoisotopic (exact) mass is 325 g/mol. The van der Waals surface area contributed by atoms with E-state index in [1.807, 2.05) is 12.1 Å². The van der Waals surface area contributed by atoms with Gasteiger partial charge >= 0.3 is 0 Å². The second-order valence-corrected chi connectivity index (χ2v) is 6.93. The predicted molar refractivity (Wildman–Crippen MR) is 78.9 cm³/mol. The minimum absolute atomic E-state index is 0.0137. The summed E-state index contributed by atoms with van der Waals surface area (Å²) >= 11 is 3.42. The van der Waals surface area contributed by atoms with Crippen molar-refractivity contribution in [1.29, 1.82) is 0 Å². The van der Waals surface area contributed by atoms with Crippen molar-refractivity contribution in [3.63, 3.8) is 0 Å². The zero-order valence-corrected chi connectivity index (χ0v) is 13.0. The van der Waals surface area contributed by atoms with Crippen LogP contribution in [0.5, 0.6) is 0 Å². The van der Waals surface area contributed by atoms with Crippen molar-refractivity contribution in [2.24, 2.45) is 5.41 Å². The van der Waals surface area contributed by atoms with Gasteiger partial charge in [-0.1, -0.05) is 41.9 Å². The lowest BCUT2D eigenvalue weighted by molar-refractivity contribution is -0.127. The quantitative estimate of drug-likeness (QED) is 0.874. The molecule has 0 spiro atoms. The van der Waals surface area contributed by atoms with Gasteiger partial charge in [-0.25, -0.2) is 0 Å². The summed E-state index contributed by atoms with van der Waals surface area (Å²) < 4.78 is 1.05. The van der Waals surface area contributed by atoms with E-state index in [9.17, 15) is 9.90 Å². The minimum Gasteiger partial charge on any atom is -0.395 e. The zero-order chi connectivity index (χ0) is 14.1. The number of halogens is 1. The molecule has 2 rings (SSSR count). The molecule has 0 saturated heterocycles. The maximum atomic E-state index is 12.0. The van der Waals surface area contributed by atoms with E-state index in [0.717, 1.165) is 17.3 Å². The van der Waals surface area contributed by atoms with Gasteiger partial charge in [0.2, 0.25) is 5.91 Å². The molecule has 1 aliphatic rings. The van der Waals surface area contributed by atoms with E-state index in [-0.39, 0.29) is 17.9 Å². The molecule has 19 heavy (non-hydrogen) atoms. The molecule has 3 nitrogen and oxygen atoms in total. The molecule has 0 atom stereocenters. The Labute approximate surface area is 122 Å². The molecule has 2 N–H and O–H groups in total. The molecule has 4 heteroatoms. The third-order valence-electron chi connectivity index (χ3n) is 3.95. The van der Waals surface area contributed by atoms with E-state index in [2.05, 4.69) is 47.2 Å². The fourth-order valence-electron chi connectivity index (χ4n) is 2.10. The minimum atomic E-state index is -0.490. The Morgan fingerprint density at radius 2 is 1.95 bits per heavy atom. The van der Waals surface area contributed by atoms with Crippen LogP contribution in [0, 0.1) is 5.41 Å². The Bertz CT molecular complexity index is 464. The van der Waals surface area contributed by atoms with Crippen LogP contribution in [0.1, 0.15) is 32.3 Å². The lowest BCUT2D eigenvalue weighted by atomic mass is 9.84. The highest BCUT2D eigenvalue weighted by Crippen LogP contribution is 2.45. The molecular formula is C15H20BrNO2. The van der Waals surface area contributed by atoms with E-state index < -0.39 is 5.41 Å². The summed E-state index contributed by atoms with van der Waals surface area (Å²) in [5.74, 6) is -0.0137. The van der Waals surface area contributed by atoms with Crippen molar-refractivity contribution >= 4 is 21.8 Å². The van der Waals surface area contributed by atoms with E-state index in [1.54, 1.807) is 0 Å². The number of nitrogens with one attached hydrogen (secondary N) is 1. The number of carbonyl (C=O) groups is 1. The molecule has 1 aromatic carbocycles. The summed E-state index contributed by atoms with van der Waals surface area (Å²) in [5, 5.41) is 12.2. The van der Waals surface area contributed by atoms with Crippen molar-refractivity contribution in [2.45, 2.75) is 32.1 Å². The van der Waals surface area contributed by atoms with Crippen LogP contribution in [0.4, 0.5) is 0 Å². The fourth-order valence-corrected chi connectivity index (χ4v) is 2.36. The maximum Gasteiger partial charge on any atom is 0.228 e. The second-order valence-electron chi connectivity index (χ2n) is 6.01. The highest BCUT2D eigenvalue weighted by atomic mass is 79.9. The smallest absolute Gasteiger partial charge is 0.228 e. The molecule has 0 bridgehead atoms. The molecular weight excluding hydrogens is 306 g/mol. The number of carbonyl (C=O) groups excluding carboxylic acids is 1. The first-order valence-electron chi connectivity index (χ1n) is 6.55. The first-order chi connectivity index (χ1) is 8.89. The lowest BCUT2D eigenvalue weighted by Crippen LogP contribution is -2.41. The average Bonchev–Trinajstić information content (AvgIpc) is 3.17. The average molecular weight is 326 g/mol. The second kappa shape index (κ2) is 5.25. The first kappa shape index (κ1) is 14.5. The van der Waals surface area contributed by atoms with Crippen molar-refractivity contribution in [3.05, 3.63) is 34.3 Å². The highest BCUT2D eigenvalue weighted by Gasteiger charge is 2.49. The molecule has 1 saturated carbocycles. The molecule has 0 aromatic heterocycles. The third kappa shape index (κ3) is 3.18. The van der Waals surface area contributed by atoms with Gasteiger partial charge in [0.1, 0.15) is 0 Å². The van der Waals surface area contributed by atoms with Crippen LogP contribution in [0.3, 0.4) is 0 Å². The van der Waals surface area contributed by atoms with Gasteiger partial charge in [0.15, 0.2) is 0 Å². The van der Waals surface area contributed by atoms with Crippen LogP contribution in [0.15, 0.2) is 28.7 Å². The largest absolute Gasteiger partial charge is 0.395 e. The van der Waals surface area contributed by atoms with Gasteiger partial charge in [-0.15, -0.1) is 0 Å². The number of amides is 1. The van der Waals surface area contributed by atoms with Crippen LogP contribution in [-0.4, -0.2) is 24.2 Å². The Morgan fingerprint density at radius 3 is 2.42 bits per heavy atom. The van der Waals surface area contributed by atoms with Crippen LogP contribution in [-0.2, 0) is 10.2 Å². The van der Waals surface area contributed by atoms with Gasteiger partial charge in [0.05, 0.1) is 12.0 Å². The standard InChI is InChI=1S/C15H20BrNO2/c1-14(2,11-3-5-12(16)6-4-11)9-17-13(19)15(10-18)7-8-15/h3-6,18H,7-10H2,1-2H3,(H,17,19). The number of rotatable bonds is 5. The van der Waals surface area contributed by atoms with Gasteiger partial charge in [-0.2, -0.15) is 0 Å². The summed E-state index contributed by atoms with van der Waals surface area (Å²) in [6, 6.07) is 8.15. The summed E-state index contributed by atoms with van der Waals surface area (Å²) in [6.45, 7) is 4.75. The Balaban J connectivity index is 1.98. The SMILES string of the molecule is CC(C)(CNC(=O)C1(CO)CC1)c1ccc(Br)cc1. The van der Waals surface area contributed by atoms with Gasteiger partial charge in [0.25, 0.3) is 0 Å². The van der Waals surface area contributed by atoms with Crippen LogP contribution >= 0.6 is 15.9 Å². The molecule has 104 valence electrons. The summed E-state index contributed by atoms with van der Waals surface area (Å²) in [5.41, 5.74) is 0.572. The molecule has 0 heterocycles. The Kier molecular flexibility index (Phi) is 4.02. The molecule has 1 aromatic rings. The van der Waals surface area contributed by atoms with Gasteiger partial charge < -0.3 is 10.4 Å². The highest BCUT2D eigenvalue weighted by molar-refractivity contribution is 9.10. The van der Waals surface area contributed by atoms with Gasteiger partial charge in [-0.3, -0.25) is 4.79 Å². The van der Waals surface area contributed by atoms with E-state index in [4.69, 9.17) is 0 Å². The number of hydrogen-bond donors (Lipinski definition) is 2. The molecule has 0 radical (unpaired) electrons. The van der Waals surface area contributed by atoms with Crippen LogP contribution in [0.25, 0.3) is 0 Å². The van der Waals surface area contributed by atoms with E-state index in [1.165, 1.54) is 5.56 Å². The summed E-state index contributed by atoms with van der Waals surface area (Å²) in [4.78, 5) is 12.0. The molecule has 0 unspecified atom stereocenters. The molecule has 1 fully saturated rings. The zero-order valence-electron chi connectivity index (χ0n) is 11.4. The van der Waals surface area contributed by atoms with Crippen molar-refractivity contribution < 1.29 is 9.90 Å². The fraction of sp³-hybridized carbons (Fsp3) is 0.533. The van der Waals surface area contributed by atoms with Crippen molar-refractivity contribution in [1.82, 2.24) is 5.32 Å². The predicted octanol–water partition coefficient (Wildman–Crippen LogP) is 2.62. The molecule has 1 amide bonds. The normalized spacial score (nSPS) is 17.1. The first-order valence-corrected chi connectivity index (χ1v) is 7.34. The van der Waals surface area contributed by atoms with Crippen molar-refractivity contribution in [2.75, 3.05) is 13.2 Å². The Morgan fingerprint density at radius 1 is 1.37 bits per heavy atom. The third-order valence-corrected chi connectivity index (χ3v) is 4.48. The topological polar surface area (TPSA) is 49.3 Å². The van der Waals surface area contributed by atoms with Crippen LogP contribution < -0.4 is 5.32 Å². The van der Waals surface area contributed by atoms with E-state index in [0.29, 0.717) is 6.54 Å². The number of aliphatic hydroxyl groups excluding tert-OH is 1. The lowest BCUT2D eigenvalue weighted by Gasteiger charge is -2.27. The molecule has 1 aliphatic carbocycles. The number of hydrogen-bond acceptors (Lipinski definition) is 2. The van der Waals surface area contributed by atoms with Gasteiger partial charge in [0, 0.05) is 16.4 Å². The van der Waals surface area contributed by atoms with Crippen LogP contribution in [0.2, 0.25) is 0 Å². The maximum absolute atomic E-state index is 12.0. The van der Waals surface area contributed by atoms with Gasteiger partial charge in [-0.05, 0) is 30.5 Å². The summed E-state index contributed by atoms with van der Waals surface area (Å²) in [7, 11) is 0. The number of benzene rings is 1.